The van der Waals surface area contributed by atoms with Crippen LogP contribution in [0.3, 0.4) is 0 Å². The van der Waals surface area contributed by atoms with Crippen molar-refractivity contribution in [3.05, 3.63) is 23.9 Å². The van der Waals surface area contributed by atoms with E-state index in [1.54, 1.807) is 0 Å². The molecule has 7 heteroatoms. The van der Waals surface area contributed by atoms with E-state index in [9.17, 15) is 17.1 Å². The van der Waals surface area contributed by atoms with Gasteiger partial charge in [0.2, 0.25) is 0 Å². The first-order valence-electron chi connectivity index (χ1n) is 3.06. The van der Waals surface area contributed by atoms with E-state index < -0.39 is 26.9 Å². The van der Waals surface area contributed by atoms with Crippen LogP contribution in [0.5, 0.6) is 0 Å². The summed E-state index contributed by atoms with van der Waals surface area (Å²) < 4.78 is 32.9. The lowest BCUT2D eigenvalue weighted by Gasteiger charge is -1.95. The van der Waals surface area contributed by atoms with Crippen LogP contribution in [0.25, 0.3) is 0 Å². The summed E-state index contributed by atoms with van der Waals surface area (Å²) in [4.78, 5) is 13.4. The van der Waals surface area contributed by atoms with Gasteiger partial charge in [-0.05, 0) is 12.1 Å². The molecule has 1 heterocycles. The van der Waals surface area contributed by atoms with Crippen LogP contribution in [0.2, 0.25) is 0 Å². The van der Waals surface area contributed by atoms with Crippen LogP contribution in [0.4, 0.5) is 3.89 Å². The van der Waals surface area contributed by atoms with Gasteiger partial charge in [0.15, 0.2) is 5.03 Å². The van der Waals surface area contributed by atoms with Crippen molar-refractivity contribution in [2.75, 3.05) is 0 Å². The molecule has 1 N–H and O–H groups in total. The zero-order chi connectivity index (χ0) is 10.1. The van der Waals surface area contributed by atoms with Crippen LogP contribution in [-0.4, -0.2) is 24.5 Å². The lowest BCUT2D eigenvalue weighted by atomic mass is 10.4. The molecule has 0 aromatic carbocycles. The van der Waals surface area contributed by atoms with Crippen LogP contribution in [0.15, 0.2) is 23.2 Å². The topological polar surface area (TPSA) is 84.3 Å². The highest BCUT2D eigenvalue weighted by molar-refractivity contribution is 7.86. The molecule has 5 nitrogen and oxygen atoms in total. The summed E-state index contributed by atoms with van der Waals surface area (Å²) in [6.07, 6.45) is 0. The van der Waals surface area contributed by atoms with E-state index in [0.717, 1.165) is 18.2 Å². The third-order valence-corrected chi connectivity index (χ3v) is 1.92. The van der Waals surface area contributed by atoms with Gasteiger partial charge in [0.25, 0.3) is 0 Å². The molecule has 1 rings (SSSR count). The minimum absolute atomic E-state index is 0.515. The fraction of sp³-hybridized carbons (Fsp3) is 0. The standard InChI is InChI=1S/C6H4FNO4S/c7-13(11,12)5-3-1-2-4(8-5)6(9)10/h1-3H,(H,9,10). The molecular weight excluding hydrogens is 201 g/mol. The van der Waals surface area contributed by atoms with Gasteiger partial charge in [-0.1, -0.05) is 9.95 Å². The molecule has 0 unspecified atom stereocenters. The number of carboxylic acids is 1. The Morgan fingerprint density at radius 1 is 1.46 bits per heavy atom. The molecule has 0 aliphatic carbocycles. The Morgan fingerprint density at radius 2 is 2.08 bits per heavy atom. The maximum atomic E-state index is 12.3. The zero-order valence-corrected chi connectivity index (χ0v) is 6.95. The molecule has 0 atom stereocenters. The fourth-order valence-electron chi connectivity index (χ4n) is 0.670. The number of aromatic carboxylic acids is 1. The second-order valence-electron chi connectivity index (χ2n) is 2.10. The van der Waals surface area contributed by atoms with Crippen molar-refractivity contribution >= 4 is 16.2 Å². The summed E-state index contributed by atoms with van der Waals surface area (Å²) in [7, 11) is -4.93. The normalized spacial score (nSPS) is 11.2. The number of halogens is 1. The van der Waals surface area contributed by atoms with Crippen molar-refractivity contribution in [1.29, 1.82) is 0 Å². The molecule has 0 bridgehead atoms. The van der Waals surface area contributed by atoms with Crippen LogP contribution >= 0.6 is 0 Å². The fourth-order valence-corrected chi connectivity index (χ4v) is 1.12. The van der Waals surface area contributed by atoms with Crippen molar-refractivity contribution in [3.63, 3.8) is 0 Å². The number of hydrogen-bond donors (Lipinski definition) is 1. The van der Waals surface area contributed by atoms with Gasteiger partial charge in [-0.25, -0.2) is 9.78 Å². The van der Waals surface area contributed by atoms with E-state index in [-0.39, 0.29) is 0 Å². The molecule has 0 aliphatic heterocycles. The van der Waals surface area contributed by atoms with Crippen molar-refractivity contribution in [1.82, 2.24) is 4.98 Å². The van der Waals surface area contributed by atoms with Gasteiger partial charge in [-0.3, -0.25) is 0 Å². The third kappa shape index (κ3) is 2.22. The monoisotopic (exact) mass is 205 g/mol. The van der Waals surface area contributed by atoms with Gasteiger partial charge in [0, 0.05) is 0 Å². The number of rotatable bonds is 2. The minimum Gasteiger partial charge on any atom is -0.477 e. The highest BCUT2D eigenvalue weighted by Crippen LogP contribution is 2.09. The molecule has 0 saturated heterocycles. The molecule has 1 aromatic rings. The zero-order valence-electron chi connectivity index (χ0n) is 6.14. The maximum Gasteiger partial charge on any atom is 0.354 e. The highest BCUT2D eigenvalue weighted by atomic mass is 32.3. The van der Waals surface area contributed by atoms with Gasteiger partial charge in [-0.15, -0.1) is 0 Å². The molecule has 0 aliphatic rings. The summed E-state index contributed by atoms with van der Waals surface area (Å²) in [5.74, 6) is -1.41. The summed E-state index contributed by atoms with van der Waals surface area (Å²) in [6, 6.07) is 3.04. The average molecular weight is 205 g/mol. The lowest BCUT2D eigenvalue weighted by Crippen LogP contribution is -2.04. The van der Waals surface area contributed by atoms with E-state index in [2.05, 4.69) is 4.98 Å². The molecular formula is C6H4FNO4S. The molecule has 1 aromatic heterocycles. The van der Waals surface area contributed by atoms with Gasteiger partial charge < -0.3 is 5.11 Å². The van der Waals surface area contributed by atoms with Gasteiger partial charge in [0.1, 0.15) is 5.69 Å². The van der Waals surface area contributed by atoms with E-state index in [4.69, 9.17) is 5.11 Å². The first kappa shape index (κ1) is 9.59. The Morgan fingerprint density at radius 3 is 2.54 bits per heavy atom. The second-order valence-corrected chi connectivity index (χ2v) is 3.40. The molecule has 0 radical (unpaired) electrons. The lowest BCUT2D eigenvalue weighted by molar-refractivity contribution is 0.0689. The minimum atomic E-state index is -4.93. The van der Waals surface area contributed by atoms with Gasteiger partial charge >= 0.3 is 16.2 Å². The van der Waals surface area contributed by atoms with Crippen molar-refractivity contribution in [3.8, 4) is 0 Å². The van der Waals surface area contributed by atoms with Crippen LogP contribution in [-0.2, 0) is 10.2 Å². The largest absolute Gasteiger partial charge is 0.477 e. The van der Waals surface area contributed by atoms with E-state index >= 15 is 0 Å². The second kappa shape index (κ2) is 3.09. The number of aromatic nitrogens is 1. The number of pyridine rings is 1. The number of carbonyl (C=O) groups is 1. The third-order valence-electron chi connectivity index (χ3n) is 1.19. The Hall–Kier alpha value is -1.50. The molecule has 13 heavy (non-hydrogen) atoms. The smallest absolute Gasteiger partial charge is 0.354 e. The molecule has 0 amide bonds. The Balaban J connectivity index is 3.29. The maximum absolute atomic E-state index is 12.3. The molecule has 0 saturated carbocycles. The number of hydrogen-bond acceptors (Lipinski definition) is 4. The van der Waals surface area contributed by atoms with E-state index in [1.807, 2.05) is 0 Å². The predicted molar refractivity (Wildman–Crippen MR) is 39.5 cm³/mol. The van der Waals surface area contributed by atoms with Crippen LogP contribution in [0, 0.1) is 0 Å². The first-order chi connectivity index (χ1) is 5.91. The van der Waals surface area contributed by atoms with Crippen molar-refractivity contribution in [2.45, 2.75) is 5.03 Å². The summed E-state index contributed by atoms with van der Waals surface area (Å²) in [6.45, 7) is 0. The van der Waals surface area contributed by atoms with Crippen LogP contribution in [0.1, 0.15) is 10.5 Å². The average Bonchev–Trinajstić information content (AvgIpc) is 2.03. The highest BCUT2D eigenvalue weighted by Gasteiger charge is 2.15. The quantitative estimate of drug-likeness (QED) is 0.708. The molecule has 0 fully saturated rings. The van der Waals surface area contributed by atoms with Crippen LogP contribution < -0.4 is 0 Å². The summed E-state index contributed by atoms with van der Waals surface area (Å²) in [5.41, 5.74) is -0.515. The van der Waals surface area contributed by atoms with Crippen molar-refractivity contribution < 1.29 is 22.2 Å². The first-order valence-corrected chi connectivity index (χ1v) is 4.44. The van der Waals surface area contributed by atoms with Gasteiger partial charge in [-0.2, -0.15) is 8.42 Å². The summed E-state index contributed by atoms with van der Waals surface area (Å²) >= 11 is 0. The Bertz CT molecular complexity index is 442. The van der Waals surface area contributed by atoms with E-state index in [0.29, 0.717) is 0 Å². The Kier molecular flexibility index (Phi) is 2.28. The SMILES string of the molecule is O=C(O)c1cccc(S(=O)(=O)F)n1. The summed E-state index contributed by atoms with van der Waals surface area (Å²) in [5, 5.41) is 7.50. The molecule has 0 spiro atoms. The van der Waals surface area contributed by atoms with Gasteiger partial charge in [0.05, 0.1) is 0 Å². The van der Waals surface area contributed by atoms with Crippen molar-refractivity contribution in [2.24, 2.45) is 0 Å². The predicted octanol–water partition coefficient (Wildman–Crippen LogP) is 0.438. The van der Waals surface area contributed by atoms with E-state index in [1.165, 1.54) is 0 Å². The number of carboxylic acid groups (broad SMARTS) is 1. The number of nitrogens with zero attached hydrogens (tertiary/aromatic N) is 1. The Labute approximate surface area is 73.1 Å². The molecule has 70 valence electrons.